The van der Waals surface area contributed by atoms with Crippen LogP contribution in [0.4, 0.5) is 5.82 Å². The van der Waals surface area contributed by atoms with Crippen molar-refractivity contribution in [3.05, 3.63) is 17.8 Å². The molecule has 0 amide bonds. The molecule has 3 fully saturated rings. The molecule has 134 valence electrons. The zero-order valence-electron chi connectivity index (χ0n) is 13.9. The quantitative estimate of drug-likeness (QED) is 0.859. The van der Waals surface area contributed by atoms with Crippen LogP contribution in [0.15, 0.2) is 17.8 Å². The molecule has 3 aliphatic heterocycles. The molecule has 3 saturated heterocycles. The summed E-state index contributed by atoms with van der Waals surface area (Å²) in [5.41, 5.74) is 0.827. The summed E-state index contributed by atoms with van der Waals surface area (Å²) < 4.78 is 33.2. The van der Waals surface area contributed by atoms with Crippen molar-refractivity contribution < 1.29 is 13.2 Å². The van der Waals surface area contributed by atoms with Gasteiger partial charge in [0.25, 0.3) is 0 Å². The van der Waals surface area contributed by atoms with Crippen molar-refractivity contribution in [3.8, 4) is 0 Å². The number of nitrogens with zero attached hydrogens (tertiary/aromatic N) is 3. The van der Waals surface area contributed by atoms with Gasteiger partial charge in [-0.05, 0) is 24.3 Å². The highest BCUT2D eigenvalue weighted by molar-refractivity contribution is 7.88. The molecule has 2 aromatic heterocycles. The van der Waals surface area contributed by atoms with Crippen molar-refractivity contribution in [2.75, 3.05) is 30.8 Å². The Morgan fingerprint density at radius 3 is 3.20 bits per heavy atom. The van der Waals surface area contributed by atoms with E-state index < -0.39 is 10.0 Å². The fraction of sp³-hybridized carbons (Fsp3) is 0.625. The molecule has 25 heavy (non-hydrogen) atoms. The summed E-state index contributed by atoms with van der Waals surface area (Å²) in [6, 6.07) is 2.02. The van der Waals surface area contributed by atoms with Crippen LogP contribution in [0.1, 0.15) is 12.8 Å². The van der Waals surface area contributed by atoms with Crippen LogP contribution >= 0.6 is 11.3 Å². The molecule has 0 unspecified atom stereocenters. The lowest BCUT2D eigenvalue weighted by molar-refractivity contribution is 0.0142. The number of aromatic nitrogens is 2. The topological polar surface area (TPSA) is 84.4 Å². The highest BCUT2D eigenvalue weighted by atomic mass is 32.2. The van der Waals surface area contributed by atoms with E-state index in [1.165, 1.54) is 6.26 Å². The van der Waals surface area contributed by atoms with Crippen molar-refractivity contribution in [1.29, 1.82) is 0 Å². The van der Waals surface area contributed by atoms with Gasteiger partial charge in [-0.15, -0.1) is 11.3 Å². The van der Waals surface area contributed by atoms with Gasteiger partial charge in [-0.1, -0.05) is 0 Å². The van der Waals surface area contributed by atoms with Crippen molar-refractivity contribution in [2.45, 2.75) is 24.5 Å². The molecule has 1 spiro atoms. The van der Waals surface area contributed by atoms with Gasteiger partial charge in [0.2, 0.25) is 10.0 Å². The number of hydrogen-bond donors (Lipinski definition) is 1. The Kier molecular flexibility index (Phi) is 3.41. The van der Waals surface area contributed by atoms with Gasteiger partial charge in [0.15, 0.2) is 0 Å². The van der Waals surface area contributed by atoms with E-state index in [1.54, 1.807) is 17.7 Å². The zero-order chi connectivity index (χ0) is 17.2. The SMILES string of the molecule is CS(=O)(=O)NC[C@H]1[C@H]2CN(c3ncnc4ccsc34)C[C@]23CC[C@H]1O3. The second-order valence-electron chi connectivity index (χ2n) is 7.36. The van der Waals surface area contributed by atoms with Crippen molar-refractivity contribution >= 4 is 37.4 Å². The minimum absolute atomic E-state index is 0.150. The third kappa shape index (κ3) is 2.48. The maximum Gasteiger partial charge on any atom is 0.208 e. The molecule has 5 heterocycles. The molecule has 1 N–H and O–H groups in total. The number of sulfonamides is 1. The van der Waals surface area contributed by atoms with Crippen LogP contribution in [0.3, 0.4) is 0 Å². The van der Waals surface area contributed by atoms with E-state index in [9.17, 15) is 8.42 Å². The molecule has 0 aliphatic carbocycles. The van der Waals surface area contributed by atoms with Gasteiger partial charge in [0.1, 0.15) is 12.1 Å². The van der Waals surface area contributed by atoms with Gasteiger partial charge in [0.05, 0.1) is 28.2 Å². The summed E-state index contributed by atoms with van der Waals surface area (Å²) in [4.78, 5) is 11.2. The van der Waals surface area contributed by atoms with Crippen LogP contribution < -0.4 is 9.62 Å². The van der Waals surface area contributed by atoms with Gasteiger partial charge in [-0.2, -0.15) is 0 Å². The first-order chi connectivity index (χ1) is 12.0. The number of thiophene rings is 1. The lowest BCUT2D eigenvalue weighted by Gasteiger charge is -2.29. The Morgan fingerprint density at radius 2 is 2.36 bits per heavy atom. The molecule has 2 bridgehead atoms. The third-order valence-electron chi connectivity index (χ3n) is 5.89. The second kappa shape index (κ2) is 5.35. The van der Waals surface area contributed by atoms with Crippen molar-refractivity contribution in [1.82, 2.24) is 14.7 Å². The van der Waals surface area contributed by atoms with E-state index >= 15 is 0 Å². The molecular weight excluding hydrogens is 360 g/mol. The zero-order valence-corrected chi connectivity index (χ0v) is 15.5. The van der Waals surface area contributed by atoms with E-state index in [1.807, 2.05) is 11.4 Å². The number of ether oxygens (including phenoxy) is 1. The molecular formula is C16H20N4O3S2. The standard InChI is InChI=1S/C16H20N4O3S2/c1-25(21,22)19-6-10-11-7-20(8-16(11)4-2-13(10)23-16)15-14-12(3-5-24-14)17-9-18-15/h3,5,9-11,13,19H,2,4,6-8H2,1H3/t10-,11+,13+,16+/m0/s1. The van der Waals surface area contributed by atoms with E-state index in [0.717, 1.165) is 42.0 Å². The molecule has 4 atom stereocenters. The smallest absolute Gasteiger partial charge is 0.208 e. The molecule has 2 aromatic rings. The summed E-state index contributed by atoms with van der Waals surface area (Å²) in [5.74, 6) is 1.55. The maximum atomic E-state index is 11.5. The number of hydrogen-bond acceptors (Lipinski definition) is 7. The van der Waals surface area contributed by atoms with E-state index in [2.05, 4.69) is 19.6 Å². The predicted octanol–water partition coefficient (Wildman–Crippen LogP) is 1.22. The first kappa shape index (κ1) is 15.9. The van der Waals surface area contributed by atoms with Crippen molar-refractivity contribution in [2.24, 2.45) is 11.8 Å². The summed E-state index contributed by atoms with van der Waals surface area (Å²) in [6.07, 6.45) is 5.07. The molecule has 7 nitrogen and oxygen atoms in total. The Hall–Kier alpha value is -1.29. The van der Waals surface area contributed by atoms with Crippen molar-refractivity contribution in [3.63, 3.8) is 0 Å². The van der Waals surface area contributed by atoms with Gasteiger partial charge in [-0.25, -0.2) is 23.1 Å². The van der Waals surface area contributed by atoms with E-state index in [4.69, 9.17) is 4.74 Å². The number of fused-ring (bicyclic) bond motifs is 2. The largest absolute Gasteiger partial charge is 0.369 e. The fourth-order valence-electron chi connectivity index (χ4n) is 4.87. The molecule has 3 aliphatic rings. The van der Waals surface area contributed by atoms with Gasteiger partial charge in [0, 0.05) is 31.5 Å². The predicted molar refractivity (Wildman–Crippen MR) is 96.3 cm³/mol. The average molecular weight is 380 g/mol. The van der Waals surface area contributed by atoms with E-state index in [0.29, 0.717) is 12.5 Å². The van der Waals surface area contributed by atoms with Crippen LogP contribution in [0, 0.1) is 11.8 Å². The summed E-state index contributed by atoms with van der Waals surface area (Å²) in [6.45, 7) is 2.14. The maximum absolute atomic E-state index is 11.5. The first-order valence-electron chi connectivity index (χ1n) is 8.51. The number of rotatable bonds is 4. The summed E-state index contributed by atoms with van der Waals surface area (Å²) >= 11 is 1.66. The summed E-state index contributed by atoms with van der Waals surface area (Å²) in [7, 11) is -3.18. The first-order valence-corrected chi connectivity index (χ1v) is 11.3. The molecule has 0 radical (unpaired) electrons. The molecule has 0 aromatic carbocycles. The highest BCUT2D eigenvalue weighted by Crippen LogP contribution is 2.55. The third-order valence-corrected chi connectivity index (χ3v) is 7.48. The minimum atomic E-state index is -3.18. The molecule has 5 rings (SSSR count). The normalized spacial score (nSPS) is 34.1. The molecule has 0 saturated carbocycles. The van der Waals surface area contributed by atoms with Gasteiger partial charge >= 0.3 is 0 Å². The monoisotopic (exact) mass is 380 g/mol. The van der Waals surface area contributed by atoms with Crippen LogP contribution in [-0.2, 0) is 14.8 Å². The molecule has 9 heteroatoms. The van der Waals surface area contributed by atoms with Gasteiger partial charge < -0.3 is 9.64 Å². The minimum Gasteiger partial charge on any atom is -0.369 e. The Balaban J connectivity index is 1.44. The fourth-order valence-corrected chi connectivity index (χ4v) is 6.23. The van der Waals surface area contributed by atoms with Crippen LogP contribution in [0.5, 0.6) is 0 Å². The number of anilines is 1. The van der Waals surface area contributed by atoms with E-state index in [-0.39, 0.29) is 17.6 Å². The average Bonchev–Trinajstić information content (AvgIpc) is 3.30. The Morgan fingerprint density at radius 1 is 1.48 bits per heavy atom. The second-order valence-corrected chi connectivity index (χ2v) is 10.1. The Bertz CT molecular complexity index is 930. The van der Waals surface area contributed by atoms with Crippen LogP contribution in [0.2, 0.25) is 0 Å². The van der Waals surface area contributed by atoms with Crippen LogP contribution in [-0.4, -0.2) is 56.0 Å². The van der Waals surface area contributed by atoms with Gasteiger partial charge in [-0.3, -0.25) is 0 Å². The summed E-state index contributed by atoms with van der Waals surface area (Å²) in [5, 5.41) is 2.04. The lowest BCUT2D eigenvalue weighted by Crippen LogP contribution is -2.41. The highest BCUT2D eigenvalue weighted by Gasteiger charge is 2.63. The Labute approximate surface area is 150 Å². The lowest BCUT2D eigenvalue weighted by atomic mass is 9.74. The van der Waals surface area contributed by atoms with Crippen LogP contribution in [0.25, 0.3) is 10.2 Å². The number of nitrogens with one attached hydrogen (secondary N) is 1.